The highest BCUT2D eigenvalue weighted by Crippen LogP contribution is 2.39. The molecule has 0 saturated heterocycles. The first-order chi connectivity index (χ1) is 11.6. The molecule has 3 rings (SSSR count). The summed E-state index contributed by atoms with van der Waals surface area (Å²) in [5.41, 5.74) is 3.10. The van der Waals surface area contributed by atoms with Gasteiger partial charge in [-0.2, -0.15) is 0 Å². The molecule has 2 aromatic carbocycles. The summed E-state index contributed by atoms with van der Waals surface area (Å²) in [7, 11) is 3.23. The highest BCUT2D eigenvalue weighted by atomic mass is 35.5. The van der Waals surface area contributed by atoms with E-state index in [1.54, 1.807) is 20.3 Å². The number of allylic oxidation sites excluding steroid dienone is 2. The van der Waals surface area contributed by atoms with E-state index in [0.29, 0.717) is 22.9 Å². The van der Waals surface area contributed by atoms with Gasteiger partial charge in [0.2, 0.25) is 0 Å². The van der Waals surface area contributed by atoms with Crippen LogP contribution in [0.15, 0.2) is 48.5 Å². The number of hydrogen-bond donors (Lipinski definition) is 0. The first-order valence-corrected chi connectivity index (χ1v) is 8.19. The number of carbonyl (C=O) groups excluding carboxylic acids is 1. The van der Waals surface area contributed by atoms with Gasteiger partial charge in [0.1, 0.15) is 0 Å². The molecule has 0 radical (unpaired) electrons. The Morgan fingerprint density at radius 2 is 1.79 bits per heavy atom. The Balaban J connectivity index is 1.91. The fourth-order valence-corrected chi connectivity index (χ4v) is 3.31. The fraction of sp³-hybridized carbons (Fsp3) is 0.250. The lowest BCUT2D eigenvalue weighted by molar-refractivity contribution is -0.115. The number of benzene rings is 2. The summed E-state index contributed by atoms with van der Waals surface area (Å²) in [5, 5.41) is 0.675. The molecule has 0 spiro atoms. The lowest BCUT2D eigenvalue weighted by atomic mass is 9.81. The van der Waals surface area contributed by atoms with E-state index in [-0.39, 0.29) is 11.7 Å². The van der Waals surface area contributed by atoms with Crippen molar-refractivity contribution in [3.8, 4) is 11.5 Å². The highest BCUT2D eigenvalue weighted by Gasteiger charge is 2.24. The third kappa shape index (κ3) is 3.46. The van der Waals surface area contributed by atoms with Crippen LogP contribution in [-0.4, -0.2) is 20.0 Å². The molecule has 24 heavy (non-hydrogen) atoms. The zero-order valence-corrected chi connectivity index (χ0v) is 14.5. The average Bonchev–Trinajstić information content (AvgIpc) is 2.60. The van der Waals surface area contributed by atoms with Gasteiger partial charge in [-0.15, -0.1) is 0 Å². The number of halogens is 1. The third-order valence-corrected chi connectivity index (χ3v) is 4.56. The van der Waals surface area contributed by atoms with Crippen molar-refractivity contribution >= 4 is 23.0 Å². The quantitative estimate of drug-likeness (QED) is 0.793. The summed E-state index contributed by atoms with van der Waals surface area (Å²) in [5.74, 6) is 1.63. The van der Waals surface area contributed by atoms with Crippen LogP contribution < -0.4 is 9.47 Å². The van der Waals surface area contributed by atoms with Crippen LogP contribution in [0, 0.1) is 0 Å². The fourth-order valence-electron chi connectivity index (χ4n) is 3.12. The van der Waals surface area contributed by atoms with Crippen LogP contribution in [0.1, 0.15) is 29.9 Å². The van der Waals surface area contributed by atoms with Gasteiger partial charge < -0.3 is 9.47 Å². The number of rotatable bonds is 4. The average molecular weight is 343 g/mol. The molecule has 0 amide bonds. The number of carbonyl (C=O) groups is 1. The molecule has 0 N–H and O–H groups in total. The first kappa shape index (κ1) is 16.6. The smallest absolute Gasteiger partial charge is 0.160 e. The molecular formula is C20H19ClO3. The summed E-state index contributed by atoms with van der Waals surface area (Å²) >= 11 is 6.08. The maximum Gasteiger partial charge on any atom is 0.160 e. The van der Waals surface area contributed by atoms with E-state index in [0.717, 1.165) is 23.1 Å². The van der Waals surface area contributed by atoms with E-state index in [1.807, 2.05) is 42.5 Å². The van der Waals surface area contributed by atoms with E-state index in [4.69, 9.17) is 21.1 Å². The second-order valence-corrected chi connectivity index (χ2v) is 6.30. The molecule has 0 aromatic heterocycles. The Morgan fingerprint density at radius 1 is 1.00 bits per heavy atom. The zero-order chi connectivity index (χ0) is 17.1. The first-order valence-electron chi connectivity index (χ1n) is 7.82. The Bertz CT molecular complexity index is 795. The van der Waals surface area contributed by atoms with Crippen molar-refractivity contribution < 1.29 is 14.3 Å². The molecule has 4 heteroatoms. The topological polar surface area (TPSA) is 35.5 Å². The summed E-state index contributed by atoms with van der Waals surface area (Å²) in [6.45, 7) is 0. The van der Waals surface area contributed by atoms with Crippen molar-refractivity contribution in [2.45, 2.75) is 18.8 Å². The number of ketones is 1. The normalized spacial score (nSPS) is 17.4. The Labute approximate surface area is 146 Å². The van der Waals surface area contributed by atoms with Gasteiger partial charge >= 0.3 is 0 Å². The van der Waals surface area contributed by atoms with Crippen molar-refractivity contribution in [1.29, 1.82) is 0 Å². The van der Waals surface area contributed by atoms with Gasteiger partial charge in [0.15, 0.2) is 17.3 Å². The molecule has 0 fully saturated rings. The van der Waals surface area contributed by atoms with Gasteiger partial charge in [0.25, 0.3) is 0 Å². The minimum atomic E-state index is 0.122. The highest BCUT2D eigenvalue weighted by molar-refractivity contribution is 6.30. The predicted octanol–water partition coefficient (Wildman–Crippen LogP) is 4.89. The van der Waals surface area contributed by atoms with E-state index >= 15 is 0 Å². The lowest BCUT2D eigenvalue weighted by Gasteiger charge is -2.23. The third-order valence-electron chi connectivity index (χ3n) is 4.32. The molecule has 1 aliphatic rings. The zero-order valence-electron chi connectivity index (χ0n) is 13.7. The second-order valence-electron chi connectivity index (χ2n) is 5.87. The molecule has 0 saturated carbocycles. The minimum Gasteiger partial charge on any atom is -0.493 e. The van der Waals surface area contributed by atoms with Crippen LogP contribution in [0.4, 0.5) is 0 Å². The van der Waals surface area contributed by atoms with Crippen LogP contribution >= 0.6 is 11.6 Å². The van der Waals surface area contributed by atoms with Crippen LogP contribution in [0.2, 0.25) is 5.02 Å². The Morgan fingerprint density at radius 3 is 2.50 bits per heavy atom. The van der Waals surface area contributed by atoms with Crippen LogP contribution in [-0.2, 0) is 4.79 Å². The molecule has 3 nitrogen and oxygen atoms in total. The maximum atomic E-state index is 12.2. The van der Waals surface area contributed by atoms with Gasteiger partial charge in [-0.1, -0.05) is 29.8 Å². The van der Waals surface area contributed by atoms with E-state index in [9.17, 15) is 4.79 Å². The number of methoxy groups -OCH3 is 2. The van der Waals surface area contributed by atoms with Gasteiger partial charge in [0.05, 0.1) is 14.2 Å². The van der Waals surface area contributed by atoms with Crippen LogP contribution in [0.5, 0.6) is 11.5 Å². The summed E-state index contributed by atoms with van der Waals surface area (Å²) in [6, 6.07) is 13.5. The molecule has 0 aliphatic heterocycles. The van der Waals surface area contributed by atoms with Crippen molar-refractivity contribution in [2.24, 2.45) is 0 Å². The van der Waals surface area contributed by atoms with Gasteiger partial charge in [-0.3, -0.25) is 4.79 Å². The van der Waals surface area contributed by atoms with Gasteiger partial charge in [0, 0.05) is 11.4 Å². The molecular weight excluding hydrogens is 324 g/mol. The number of ether oxygens (including phenoxy) is 2. The summed E-state index contributed by atoms with van der Waals surface area (Å²) < 4.78 is 10.7. The van der Waals surface area contributed by atoms with Crippen molar-refractivity contribution in [3.05, 3.63) is 64.7 Å². The van der Waals surface area contributed by atoms with Gasteiger partial charge in [-0.25, -0.2) is 0 Å². The Kier molecular flexibility index (Phi) is 4.91. The summed E-state index contributed by atoms with van der Waals surface area (Å²) in [4.78, 5) is 12.2. The Hall–Kier alpha value is -2.26. The molecule has 0 unspecified atom stereocenters. The van der Waals surface area contributed by atoms with Crippen molar-refractivity contribution in [1.82, 2.24) is 0 Å². The summed E-state index contributed by atoms with van der Waals surface area (Å²) in [6.07, 6.45) is 3.03. The SMILES string of the molecule is COc1ccc([C@H]2CC(=O)C=C(c3cccc(Cl)c3)C2)cc1OC. The largest absolute Gasteiger partial charge is 0.493 e. The van der Waals surface area contributed by atoms with E-state index < -0.39 is 0 Å². The molecule has 124 valence electrons. The number of hydrogen-bond acceptors (Lipinski definition) is 3. The van der Waals surface area contributed by atoms with E-state index in [2.05, 4.69) is 0 Å². The monoisotopic (exact) mass is 342 g/mol. The lowest BCUT2D eigenvalue weighted by Crippen LogP contribution is -2.12. The molecule has 0 bridgehead atoms. The minimum absolute atomic E-state index is 0.122. The van der Waals surface area contributed by atoms with Crippen LogP contribution in [0.25, 0.3) is 5.57 Å². The molecule has 1 atom stereocenters. The molecule has 2 aromatic rings. The van der Waals surface area contributed by atoms with E-state index in [1.165, 1.54) is 0 Å². The molecule has 0 heterocycles. The standard InChI is InChI=1S/C20H19ClO3/c1-23-19-7-6-14(12-20(19)24-2)16-8-15(10-18(22)11-16)13-4-3-5-17(21)9-13/h3-7,9-10,12,16H,8,11H2,1-2H3/t16-/m1/s1. The van der Waals surface area contributed by atoms with Crippen molar-refractivity contribution in [2.75, 3.05) is 14.2 Å². The predicted molar refractivity (Wildman–Crippen MR) is 96.0 cm³/mol. The van der Waals surface area contributed by atoms with Crippen molar-refractivity contribution in [3.63, 3.8) is 0 Å². The molecule has 1 aliphatic carbocycles. The maximum absolute atomic E-state index is 12.2. The second kappa shape index (κ2) is 7.10. The van der Waals surface area contributed by atoms with Gasteiger partial charge in [-0.05, 0) is 59.4 Å². The van der Waals surface area contributed by atoms with Crippen LogP contribution in [0.3, 0.4) is 0 Å².